The Morgan fingerprint density at radius 1 is 0.920 bits per heavy atom. The number of carbonyl (C=O) groups is 1. The topological polar surface area (TPSA) is 61.5 Å². The molecule has 5 rings (SSSR count). The number of hydrogen-bond acceptors (Lipinski definition) is 4. The summed E-state index contributed by atoms with van der Waals surface area (Å²) < 4.78 is 12.0. The van der Waals surface area contributed by atoms with Crippen molar-refractivity contribution in [2.45, 2.75) is 5.60 Å². The van der Waals surface area contributed by atoms with Crippen LogP contribution in [0.2, 0.25) is 5.02 Å². The van der Waals surface area contributed by atoms with E-state index in [1.54, 1.807) is 30.3 Å². The average molecular weight is 350 g/mol. The summed E-state index contributed by atoms with van der Waals surface area (Å²) in [6.45, 7) is 0. The Bertz CT molecular complexity index is 1060. The first kappa shape index (κ1) is 14.4. The monoisotopic (exact) mass is 349 g/mol. The van der Waals surface area contributed by atoms with Gasteiger partial charge in [-0.25, -0.2) is 4.79 Å². The van der Waals surface area contributed by atoms with E-state index in [0.29, 0.717) is 38.9 Å². The first-order valence-corrected chi connectivity index (χ1v) is 8.19. The molecule has 0 aliphatic carbocycles. The largest absolute Gasteiger partial charge is 0.456 e. The first-order valence-electron chi connectivity index (χ1n) is 7.81. The number of benzene rings is 3. The van der Waals surface area contributed by atoms with Crippen LogP contribution in [0.1, 0.15) is 27.0 Å². The van der Waals surface area contributed by atoms with Crippen molar-refractivity contribution in [1.29, 1.82) is 0 Å². The molecule has 25 heavy (non-hydrogen) atoms. The van der Waals surface area contributed by atoms with Crippen LogP contribution in [0.15, 0.2) is 60.7 Å². The second-order valence-electron chi connectivity index (χ2n) is 6.08. The average Bonchev–Trinajstić information content (AvgIpc) is 2.90. The van der Waals surface area contributed by atoms with Crippen LogP contribution in [-0.4, -0.2) is 5.97 Å². The van der Waals surface area contributed by atoms with E-state index >= 15 is 0 Å². The predicted octanol–water partition coefficient (Wildman–Crippen LogP) is 4.49. The highest BCUT2D eigenvalue weighted by Gasteiger charge is 2.54. The lowest BCUT2D eigenvalue weighted by molar-refractivity contribution is 0.0227. The number of hydrogen-bond donors (Lipinski definition) is 1. The first-order chi connectivity index (χ1) is 12.1. The van der Waals surface area contributed by atoms with E-state index in [0.717, 1.165) is 5.56 Å². The van der Waals surface area contributed by atoms with E-state index in [1.165, 1.54) is 0 Å². The van der Waals surface area contributed by atoms with Crippen molar-refractivity contribution in [2.24, 2.45) is 0 Å². The maximum Gasteiger partial charge on any atom is 0.340 e. The highest BCUT2D eigenvalue weighted by molar-refractivity contribution is 6.30. The minimum absolute atomic E-state index is 0.391. The zero-order valence-corrected chi connectivity index (χ0v) is 13.7. The molecular formula is C20H12ClNO3. The van der Waals surface area contributed by atoms with Crippen molar-refractivity contribution in [3.8, 4) is 11.5 Å². The van der Waals surface area contributed by atoms with Gasteiger partial charge in [0.05, 0.1) is 11.1 Å². The molecule has 2 aliphatic heterocycles. The van der Waals surface area contributed by atoms with Gasteiger partial charge in [0.25, 0.3) is 0 Å². The minimum Gasteiger partial charge on any atom is -0.456 e. The van der Waals surface area contributed by atoms with Crippen LogP contribution in [-0.2, 0) is 10.3 Å². The molecule has 3 aromatic rings. The number of nitrogen functional groups attached to an aromatic ring is 1. The van der Waals surface area contributed by atoms with Crippen LogP contribution in [0.5, 0.6) is 11.5 Å². The third-order valence-corrected chi connectivity index (χ3v) is 4.96. The summed E-state index contributed by atoms with van der Waals surface area (Å²) in [5.74, 6) is 0.768. The fourth-order valence-electron chi connectivity index (χ4n) is 3.73. The number of carbonyl (C=O) groups excluding carboxylic acids is 1. The van der Waals surface area contributed by atoms with Crippen LogP contribution in [0.3, 0.4) is 0 Å². The van der Waals surface area contributed by atoms with Gasteiger partial charge in [0, 0.05) is 21.8 Å². The molecule has 1 atom stereocenters. The maximum absolute atomic E-state index is 12.6. The van der Waals surface area contributed by atoms with Crippen molar-refractivity contribution < 1.29 is 14.3 Å². The number of esters is 1. The smallest absolute Gasteiger partial charge is 0.340 e. The Labute approximate surface area is 148 Å². The molecule has 1 spiro atoms. The molecule has 0 aromatic heterocycles. The number of anilines is 1. The van der Waals surface area contributed by atoms with Crippen LogP contribution < -0.4 is 10.5 Å². The van der Waals surface area contributed by atoms with E-state index < -0.39 is 11.6 Å². The van der Waals surface area contributed by atoms with Gasteiger partial charge in [-0.1, -0.05) is 35.9 Å². The van der Waals surface area contributed by atoms with Gasteiger partial charge in [-0.15, -0.1) is 0 Å². The van der Waals surface area contributed by atoms with Crippen LogP contribution in [0.4, 0.5) is 5.69 Å². The molecule has 0 fully saturated rings. The van der Waals surface area contributed by atoms with Crippen molar-refractivity contribution in [3.63, 3.8) is 0 Å². The molecule has 1 unspecified atom stereocenters. The Kier molecular flexibility index (Phi) is 2.74. The molecule has 2 aliphatic rings. The van der Waals surface area contributed by atoms with E-state index in [-0.39, 0.29) is 0 Å². The van der Waals surface area contributed by atoms with Gasteiger partial charge >= 0.3 is 5.97 Å². The normalized spacial score (nSPS) is 19.6. The number of nitrogens with two attached hydrogens (primary N) is 1. The van der Waals surface area contributed by atoms with Gasteiger partial charge < -0.3 is 15.2 Å². The fourth-order valence-corrected chi connectivity index (χ4v) is 3.90. The summed E-state index contributed by atoms with van der Waals surface area (Å²) in [4.78, 5) is 12.6. The molecule has 4 nitrogen and oxygen atoms in total. The lowest BCUT2D eigenvalue weighted by atomic mass is 9.77. The summed E-state index contributed by atoms with van der Waals surface area (Å²) in [7, 11) is 0. The quantitative estimate of drug-likeness (QED) is 0.480. The summed E-state index contributed by atoms with van der Waals surface area (Å²) in [5.41, 5.74) is 8.18. The number of fused-ring (bicyclic) bond motifs is 6. The van der Waals surface area contributed by atoms with Gasteiger partial charge in [0.2, 0.25) is 0 Å². The third kappa shape index (κ3) is 1.74. The van der Waals surface area contributed by atoms with Crippen LogP contribution in [0, 0.1) is 0 Å². The SMILES string of the molecule is Nc1cccc2c1C1(OC(=O)c3ccccc31)c1cc(Cl)ccc1O2. The molecule has 0 saturated heterocycles. The van der Waals surface area contributed by atoms with Gasteiger partial charge in [-0.05, 0) is 36.4 Å². The zero-order valence-electron chi connectivity index (χ0n) is 13.0. The molecule has 122 valence electrons. The molecule has 2 N–H and O–H groups in total. The number of ether oxygens (including phenoxy) is 2. The minimum atomic E-state index is -1.16. The third-order valence-electron chi connectivity index (χ3n) is 4.72. The second kappa shape index (κ2) is 4.77. The Morgan fingerprint density at radius 2 is 1.76 bits per heavy atom. The second-order valence-corrected chi connectivity index (χ2v) is 6.52. The summed E-state index contributed by atoms with van der Waals surface area (Å²) in [6.07, 6.45) is 0. The zero-order chi connectivity index (χ0) is 17.2. The number of rotatable bonds is 0. The van der Waals surface area contributed by atoms with Gasteiger partial charge in [0.15, 0.2) is 5.60 Å². The summed E-state index contributed by atoms with van der Waals surface area (Å²) in [6, 6.07) is 18.0. The molecule has 5 heteroatoms. The lowest BCUT2D eigenvalue weighted by Crippen LogP contribution is -2.34. The van der Waals surface area contributed by atoms with E-state index in [4.69, 9.17) is 26.8 Å². The molecule has 0 radical (unpaired) electrons. The van der Waals surface area contributed by atoms with Gasteiger partial charge in [-0.2, -0.15) is 0 Å². The van der Waals surface area contributed by atoms with Crippen molar-refractivity contribution in [1.82, 2.24) is 0 Å². The molecule has 3 aromatic carbocycles. The molecule has 0 bridgehead atoms. The summed E-state index contributed by atoms with van der Waals surface area (Å²) >= 11 is 6.24. The van der Waals surface area contributed by atoms with Crippen molar-refractivity contribution in [2.75, 3.05) is 5.73 Å². The number of halogens is 1. The fraction of sp³-hybridized carbons (Fsp3) is 0.0500. The highest BCUT2D eigenvalue weighted by atomic mass is 35.5. The van der Waals surface area contributed by atoms with E-state index in [1.807, 2.05) is 30.3 Å². The Balaban J connectivity index is 1.96. The predicted molar refractivity (Wildman–Crippen MR) is 94.1 cm³/mol. The van der Waals surface area contributed by atoms with E-state index in [2.05, 4.69) is 0 Å². The summed E-state index contributed by atoms with van der Waals surface area (Å²) in [5, 5.41) is 0.528. The van der Waals surface area contributed by atoms with Gasteiger partial charge in [-0.3, -0.25) is 0 Å². The Hall–Kier alpha value is -2.98. The van der Waals surface area contributed by atoms with Crippen molar-refractivity contribution >= 4 is 23.3 Å². The Morgan fingerprint density at radius 3 is 2.64 bits per heavy atom. The maximum atomic E-state index is 12.6. The van der Waals surface area contributed by atoms with Gasteiger partial charge in [0.1, 0.15) is 11.5 Å². The van der Waals surface area contributed by atoms with Crippen LogP contribution >= 0.6 is 11.6 Å². The molecule has 2 heterocycles. The van der Waals surface area contributed by atoms with Crippen LogP contribution in [0.25, 0.3) is 0 Å². The molecule has 0 saturated carbocycles. The molecular weight excluding hydrogens is 338 g/mol. The highest BCUT2D eigenvalue weighted by Crippen LogP contribution is 2.57. The lowest BCUT2D eigenvalue weighted by Gasteiger charge is -2.37. The molecule has 0 amide bonds. The van der Waals surface area contributed by atoms with E-state index in [9.17, 15) is 4.79 Å². The standard InChI is InChI=1S/C20H12ClNO3/c21-11-8-9-16-14(10-11)20(18-15(22)6-3-7-17(18)24-16)13-5-2-1-4-12(13)19(23)25-20/h1-10H,22H2. The van der Waals surface area contributed by atoms with Crippen molar-refractivity contribution in [3.05, 3.63) is 87.9 Å².